The van der Waals surface area contributed by atoms with Gasteiger partial charge in [-0.2, -0.15) is 0 Å². The summed E-state index contributed by atoms with van der Waals surface area (Å²) in [5.41, 5.74) is 2.94. The minimum atomic E-state index is -0.315. The molecule has 0 bridgehead atoms. The number of carbonyl (C=O) groups excluding carboxylic acids is 2. The lowest BCUT2D eigenvalue weighted by Gasteiger charge is -2.36. The smallest absolute Gasteiger partial charge is 0.282 e. The van der Waals surface area contributed by atoms with Crippen LogP contribution in [-0.2, 0) is 9.59 Å². The van der Waals surface area contributed by atoms with Gasteiger partial charge in [-0.05, 0) is 36.2 Å². The van der Waals surface area contributed by atoms with Crippen molar-refractivity contribution in [3.63, 3.8) is 0 Å². The molecular formula is C23H24ClN3O3. The summed E-state index contributed by atoms with van der Waals surface area (Å²) in [7, 11) is 0. The summed E-state index contributed by atoms with van der Waals surface area (Å²) in [4.78, 5) is 32.5. The van der Waals surface area contributed by atoms with Crippen molar-refractivity contribution in [2.75, 3.05) is 44.2 Å². The van der Waals surface area contributed by atoms with Gasteiger partial charge in [-0.1, -0.05) is 41.9 Å². The molecule has 0 saturated carbocycles. The predicted octanol–water partition coefficient (Wildman–Crippen LogP) is 2.54. The van der Waals surface area contributed by atoms with E-state index in [-0.39, 0.29) is 18.4 Å². The van der Waals surface area contributed by atoms with Gasteiger partial charge in [0.1, 0.15) is 5.70 Å². The average molecular weight is 426 g/mol. The van der Waals surface area contributed by atoms with E-state index in [1.165, 1.54) is 4.90 Å². The van der Waals surface area contributed by atoms with Crippen LogP contribution in [0.2, 0.25) is 5.02 Å². The molecule has 0 spiro atoms. The van der Waals surface area contributed by atoms with Gasteiger partial charge in [0, 0.05) is 37.7 Å². The Kier molecular flexibility index (Phi) is 5.90. The monoisotopic (exact) mass is 425 g/mol. The number of aliphatic hydroxyl groups excluding tert-OH is 1. The van der Waals surface area contributed by atoms with Gasteiger partial charge in [0.15, 0.2) is 0 Å². The summed E-state index contributed by atoms with van der Waals surface area (Å²) in [6.07, 6.45) is 0. The summed E-state index contributed by atoms with van der Waals surface area (Å²) < 4.78 is 0. The Hall–Kier alpha value is -2.67. The van der Waals surface area contributed by atoms with Crippen molar-refractivity contribution < 1.29 is 14.7 Å². The number of anilines is 1. The lowest BCUT2D eigenvalue weighted by atomic mass is 10.0. The molecule has 0 aromatic heterocycles. The van der Waals surface area contributed by atoms with Crippen molar-refractivity contribution >= 4 is 34.7 Å². The molecule has 156 valence electrons. The second-order valence-electron chi connectivity index (χ2n) is 7.52. The first kappa shape index (κ1) is 20.6. The van der Waals surface area contributed by atoms with Crippen LogP contribution in [0.25, 0.3) is 5.57 Å². The van der Waals surface area contributed by atoms with E-state index in [4.69, 9.17) is 11.6 Å². The van der Waals surface area contributed by atoms with Gasteiger partial charge in [-0.15, -0.1) is 0 Å². The third-order valence-corrected chi connectivity index (χ3v) is 5.86. The van der Waals surface area contributed by atoms with Gasteiger partial charge >= 0.3 is 0 Å². The number of aryl methyl sites for hydroxylation is 1. The highest BCUT2D eigenvalue weighted by atomic mass is 35.5. The van der Waals surface area contributed by atoms with E-state index in [0.717, 1.165) is 24.2 Å². The Balaban J connectivity index is 1.74. The van der Waals surface area contributed by atoms with Crippen molar-refractivity contribution in [3.8, 4) is 0 Å². The lowest BCUT2D eigenvalue weighted by Crippen LogP contribution is -2.48. The highest BCUT2D eigenvalue weighted by Crippen LogP contribution is 2.36. The van der Waals surface area contributed by atoms with Crippen LogP contribution in [0.4, 0.5) is 5.69 Å². The largest absolute Gasteiger partial charge is 0.395 e. The van der Waals surface area contributed by atoms with Crippen LogP contribution in [-0.4, -0.2) is 66.1 Å². The molecule has 2 aromatic rings. The van der Waals surface area contributed by atoms with Crippen LogP contribution in [0.5, 0.6) is 0 Å². The Bertz CT molecular complexity index is 998. The fraction of sp³-hybridized carbons (Fsp3) is 0.304. The minimum absolute atomic E-state index is 0.110. The Morgan fingerprint density at radius 3 is 2.30 bits per heavy atom. The summed E-state index contributed by atoms with van der Waals surface area (Å²) in [6, 6.07) is 14.5. The zero-order valence-electron chi connectivity index (χ0n) is 16.8. The third-order valence-electron chi connectivity index (χ3n) is 5.63. The fourth-order valence-corrected chi connectivity index (χ4v) is 4.33. The molecule has 30 heavy (non-hydrogen) atoms. The highest BCUT2D eigenvalue weighted by molar-refractivity contribution is 6.45. The molecule has 2 aliphatic heterocycles. The van der Waals surface area contributed by atoms with Crippen LogP contribution in [0.1, 0.15) is 11.1 Å². The number of piperazine rings is 1. The fourth-order valence-electron chi connectivity index (χ4n) is 4.10. The van der Waals surface area contributed by atoms with Crippen LogP contribution < -0.4 is 4.90 Å². The SMILES string of the molecule is Cc1cc(Cl)ccc1N1C(=O)C(c2ccccc2)=C(N2CCN(CCO)CC2)C1=O. The van der Waals surface area contributed by atoms with Crippen LogP contribution in [0.15, 0.2) is 54.2 Å². The molecule has 7 heteroatoms. The van der Waals surface area contributed by atoms with Crippen molar-refractivity contribution in [1.82, 2.24) is 9.80 Å². The Morgan fingerprint density at radius 1 is 0.967 bits per heavy atom. The van der Waals surface area contributed by atoms with Crippen molar-refractivity contribution in [1.29, 1.82) is 0 Å². The van der Waals surface area contributed by atoms with Crippen molar-refractivity contribution in [2.24, 2.45) is 0 Å². The standard InChI is InChI=1S/C23H24ClN3O3/c1-16-15-18(24)7-8-19(16)27-22(29)20(17-5-3-2-4-6-17)21(23(27)30)26-11-9-25(10-12-26)13-14-28/h2-8,15,28H,9-14H2,1H3. The first-order valence-corrected chi connectivity index (χ1v) is 10.4. The number of carbonyl (C=O) groups is 2. The molecule has 2 aliphatic rings. The summed E-state index contributed by atoms with van der Waals surface area (Å²) in [6.45, 7) is 5.27. The predicted molar refractivity (Wildman–Crippen MR) is 117 cm³/mol. The first-order chi connectivity index (χ1) is 14.5. The number of hydrogen-bond acceptors (Lipinski definition) is 5. The summed E-state index contributed by atoms with van der Waals surface area (Å²) in [5.74, 6) is -0.621. The van der Waals surface area contributed by atoms with E-state index in [0.29, 0.717) is 41.6 Å². The van der Waals surface area contributed by atoms with E-state index in [1.54, 1.807) is 18.2 Å². The third kappa shape index (κ3) is 3.74. The molecule has 1 fully saturated rings. The molecule has 0 unspecified atom stereocenters. The van der Waals surface area contributed by atoms with E-state index < -0.39 is 0 Å². The maximum Gasteiger partial charge on any atom is 0.282 e. The van der Waals surface area contributed by atoms with Crippen molar-refractivity contribution in [3.05, 3.63) is 70.4 Å². The number of nitrogens with zero attached hydrogens (tertiary/aromatic N) is 3. The molecule has 4 rings (SSSR count). The molecular weight excluding hydrogens is 402 g/mol. The lowest BCUT2D eigenvalue weighted by molar-refractivity contribution is -0.120. The molecule has 2 heterocycles. The van der Waals surface area contributed by atoms with E-state index in [9.17, 15) is 14.7 Å². The van der Waals surface area contributed by atoms with Gasteiger partial charge in [0.05, 0.1) is 17.9 Å². The quantitative estimate of drug-likeness (QED) is 0.746. The zero-order valence-corrected chi connectivity index (χ0v) is 17.6. The number of aliphatic hydroxyl groups is 1. The molecule has 1 N–H and O–H groups in total. The number of benzene rings is 2. The van der Waals surface area contributed by atoms with Crippen LogP contribution in [0.3, 0.4) is 0 Å². The van der Waals surface area contributed by atoms with E-state index >= 15 is 0 Å². The molecule has 2 amide bonds. The zero-order chi connectivity index (χ0) is 21.3. The maximum absolute atomic E-state index is 13.6. The number of rotatable bonds is 5. The number of hydrogen-bond donors (Lipinski definition) is 1. The topological polar surface area (TPSA) is 64.1 Å². The molecule has 0 aliphatic carbocycles. The highest BCUT2D eigenvalue weighted by Gasteiger charge is 2.43. The van der Waals surface area contributed by atoms with Gasteiger partial charge in [0.2, 0.25) is 0 Å². The molecule has 0 radical (unpaired) electrons. The average Bonchev–Trinajstić information content (AvgIpc) is 3.00. The second kappa shape index (κ2) is 8.60. The van der Waals surface area contributed by atoms with E-state index in [2.05, 4.69) is 4.90 Å². The number of halogens is 1. The first-order valence-electron chi connectivity index (χ1n) is 10.0. The number of imide groups is 1. The Morgan fingerprint density at radius 2 is 1.67 bits per heavy atom. The normalized spacial score (nSPS) is 18.0. The molecule has 1 saturated heterocycles. The number of β-amino-alcohol motifs (C(OH)–C–C–N with tert-alkyl or cyclic N) is 1. The van der Waals surface area contributed by atoms with Gasteiger partial charge in [-0.25, -0.2) is 4.90 Å². The van der Waals surface area contributed by atoms with Crippen molar-refractivity contribution in [2.45, 2.75) is 6.92 Å². The molecule has 6 nitrogen and oxygen atoms in total. The van der Waals surface area contributed by atoms with Gasteiger partial charge in [0.25, 0.3) is 11.8 Å². The van der Waals surface area contributed by atoms with Gasteiger partial charge < -0.3 is 10.0 Å². The van der Waals surface area contributed by atoms with Crippen LogP contribution >= 0.6 is 11.6 Å². The van der Waals surface area contributed by atoms with Gasteiger partial charge in [-0.3, -0.25) is 14.5 Å². The second-order valence-corrected chi connectivity index (χ2v) is 7.95. The summed E-state index contributed by atoms with van der Waals surface area (Å²) in [5, 5.41) is 9.75. The Labute approximate surface area is 181 Å². The van der Waals surface area contributed by atoms with E-state index in [1.807, 2.05) is 42.2 Å². The molecule has 2 aromatic carbocycles. The summed E-state index contributed by atoms with van der Waals surface area (Å²) >= 11 is 6.08. The van der Waals surface area contributed by atoms with Crippen LogP contribution in [0, 0.1) is 6.92 Å². The maximum atomic E-state index is 13.6. The molecule has 0 atom stereocenters. The number of amides is 2. The minimum Gasteiger partial charge on any atom is -0.395 e.